The highest BCUT2D eigenvalue weighted by atomic mass is 16.5. The SMILES string of the molecule is Cn1cc(C(=O)NCCCOCCO)cn1. The second-order valence-electron chi connectivity index (χ2n) is 3.35. The Morgan fingerprint density at radius 1 is 1.62 bits per heavy atom. The van der Waals surface area contributed by atoms with Gasteiger partial charge in [0, 0.05) is 26.4 Å². The monoisotopic (exact) mass is 227 g/mol. The van der Waals surface area contributed by atoms with Crippen molar-refractivity contribution in [2.24, 2.45) is 7.05 Å². The molecule has 0 bridgehead atoms. The predicted octanol–water partition coefficient (Wildman–Crippen LogP) is -0.451. The van der Waals surface area contributed by atoms with Gasteiger partial charge in [-0.25, -0.2) is 0 Å². The lowest BCUT2D eigenvalue weighted by molar-refractivity contribution is 0.0867. The van der Waals surface area contributed by atoms with Gasteiger partial charge in [-0.15, -0.1) is 0 Å². The van der Waals surface area contributed by atoms with Crippen LogP contribution < -0.4 is 5.32 Å². The molecule has 16 heavy (non-hydrogen) atoms. The Morgan fingerprint density at radius 2 is 2.44 bits per heavy atom. The lowest BCUT2D eigenvalue weighted by atomic mass is 10.3. The Labute approximate surface area is 94.2 Å². The molecule has 1 rings (SSSR count). The number of aromatic nitrogens is 2. The van der Waals surface area contributed by atoms with Crippen LogP contribution >= 0.6 is 0 Å². The fourth-order valence-electron chi connectivity index (χ4n) is 1.18. The van der Waals surface area contributed by atoms with E-state index >= 15 is 0 Å². The molecule has 0 spiro atoms. The lowest BCUT2D eigenvalue weighted by Gasteiger charge is -2.03. The smallest absolute Gasteiger partial charge is 0.254 e. The van der Waals surface area contributed by atoms with Crippen LogP contribution in [0.2, 0.25) is 0 Å². The highest BCUT2D eigenvalue weighted by molar-refractivity contribution is 5.93. The maximum absolute atomic E-state index is 11.5. The number of hydrogen-bond donors (Lipinski definition) is 2. The van der Waals surface area contributed by atoms with Gasteiger partial charge in [-0.1, -0.05) is 0 Å². The predicted molar refractivity (Wildman–Crippen MR) is 58.1 cm³/mol. The van der Waals surface area contributed by atoms with Crippen molar-refractivity contribution in [1.29, 1.82) is 0 Å². The second kappa shape index (κ2) is 6.97. The second-order valence-corrected chi connectivity index (χ2v) is 3.35. The summed E-state index contributed by atoms with van der Waals surface area (Å²) in [5.74, 6) is -0.129. The third kappa shape index (κ3) is 4.41. The highest BCUT2D eigenvalue weighted by Crippen LogP contribution is 1.95. The average molecular weight is 227 g/mol. The molecule has 0 aliphatic rings. The number of aryl methyl sites for hydroxylation is 1. The Balaban J connectivity index is 2.11. The van der Waals surface area contributed by atoms with E-state index in [0.29, 0.717) is 25.3 Å². The molecule has 2 N–H and O–H groups in total. The molecule has 1 amide bonds. The molecule has 0 fully saturated rings. The number of carbonyl (C=O) groups excluding carboxylic acids is 1. The largest absolute Gasteiger partial charge is 0.394 e. The Hall–Kier alpha value is -1.40. The number of carbonyl (C=O) groups is 1. The van der Waals surface area contributed by atoms with Gasteiger partial charge in [-0.3, -0.25) is 9.48 Å². The molecule has 0 aliphatic carbocycles. The first kappa shape index (κ1) is 12.7. The maximum atomic E-state index is 11.5. The standard InChI is InChI=1S/C10H17N3O3/c1-13-8-9(7-12-13)10(15)11-3-2-5-16-6-4-14/h7-8,14H,2-6H2,1H3,(H,11,15). The summed E-state index contributed by atoms with van der Waals surface area (Å²) in [6.07, 6.45) is 3.92. The number of nitrogens with zero attached hydrogens (tertiary/aromatic N) is 2. The van der Waals surface area contributed by atoms with Gasteiger partial charge in [-0.2, -0.15) is 5.10 Å². The van der Waals surface area contributed by atoms with E-state index in [1.807, 2.05) is 0 Å². The van der Waals surface area contributed by atoms with Crippen LogP contribution in [0.1, 0.15) is 16.8 Å². The Morgan fingerprint density at radius 3 is 3.06 bits per heavy atom. The quantitative estimate of drug-likeness (QED) is 0.618. The van der Waals surface area contributed by atoms with Gasteiger partial charge < -0.3 is 15.2 Å². The van der Waals surface area contributed by atoms with Crippen LogP contribution in [0.4, 0.5) is 0 Å². The van der Waals surface area contributed by atoms with Crippen LogP contribution in [0.25, 0.3) is 0 Å². The van der Waals surface area contributed by atoms with Crippen molar-refractivity contribution in [3.05, 3.63) is 18.0 Å². The number of aliphatic hydroxyl groups is 1. The number of rotatable bonds is 7. The molecule has 1 aromatic rings. The van der Waals surface area contributed by atoms with Crippen molar-refractivity contribution in [3.63, 3.8) is 0 Å². The molecule has 90 valence electrons. The van der Waals surface area contributed by atoms with Crippen LogP contribution in [0, 0.1) is 0 Å². The van der Waals surface area contributed by atoms with E-state index in [-0.39, 0.29) is 12.5 Å². The van der Waals surface area contributed by atoms with Gasteiger partial charge in [0.15, 0.2) is 0 Å². The van der Waals surface area contributed by atoms with Crippen molar-refractivity contribution in [1.82, 2.24) is 15.1 Å². The molecule has 1 heterocycles. The highest BCUT2D eigenvalue weighted by Gasteiger charge is 2.05. The summed E-state index contributed by atoms with van der Waals surface area (Å²) in [6.45, 7) is 1.46. The first-order valence-corrected chi connectivity index (χ1v) is 5.19. The topological polar surface area (TPSA) is 76.4 Å². The molecular formula is C10H17N3O3. The first-order chi connectivity index (χ1) is 7.74. The summed E-state index contributed by atoms with van der Waals surface area (Å²) in [5.41, 5.74) is 0.554. The normalized spacial score (nSPS) is 10.4. The zero-order chi connectivity index (χ0) is 11.8. The number of nitrogens with one attached hydrogen (secondary N) is 1. The summed E-state index contributed by atoms with van der Waals surface area (Å²) in [6, 6.07) is 0. The molecule has 0 saturated carbocycles. The van der Waals surface area contributed by atoms with E-state index < -0.39 is 0 Å². The molecule has 6 heteroatoms. The lowest BCUT2D eigenvalue weighted by Crippen LogP contribution is -2.25. The molecule has 1 aromatic heterocycles. The fourth-order valence-corrected chi connectivity index (χ4v) is 1.18. The minimum atomic E-state index is -0.129. The van der Waals surface area contributed by atoms with Gasteiger partial charge in [0.05, 0.1) is 25.0 Å². The van der Waals surface area contributed by atoms with Crippen molar-refractivity contribution in [2.75, 3.05) is 26.4 Å². The van der Waals surface area contributed by atoms with Crippen molar-refractivity contribution >= 4 is 5.91 Å². The van der Waals surface area contributed by atoms with Crippen molar-refractivity contribution in [2.45, 2.75) is 6.42 Å². The Kier molecular flexibility index (Phi) is 5.52. The Bertz CT molecular complexity index is 325. The van der Waals surface area contributed by atoms with Gasteiger partial charge in [0.1, 0.15) is 0 Å². The third-order valence-electron chi connectivity index (χ3n) is 1.95. The zero-order valence-electron chi connectivity index (χ0n) is 9.35. The van der Waals surface area contributed by atoms with Gasteiger partial charge in [-0.05, 0) is 6.42 Å². The molecule has 0 aromatic carbocycles. The molecule has 0 atom stereocenters. The molecular weight excluding hydrogens is 210 g/mol. The number of hydrogen-bond acceptors (Lipinski definition) is 4. The molecule has 0 aliphatic heterocycles. The van der Waals surface area contributed by atoms with Crippen LogP contribution in [0.3, 0.4) is 0 Å². The first-order valence-electron chi connectivity index (χ1n) is 5.19. The van der Waals surface area contributed by atoms with Crippen LogP contribution in [0.15, 0.2) is 12.4 Å². The van der Waals surface area contributed by atoms with Crippen molar-refractivity contribution in [3.8, 4) is 0 Å². The minimum Gasteiger partial charge on any atom is -0.394 e. The number of ether oxygens (including phenoxy) is 1. The van der Waals surface area contributed by atoms with Crippen LogP contribution in [-0.4, -0.2) is 47.2 Å². The summed E-state index contributed by atoms with van der Waals surface area (Å²) in [5, 5.41) is 15.1. The molecule has 0 unspecified atom stereocenters. The third-order valence-corrected chi connectivity index (χ3v) is 1.95. The average Bonchev–Trinajstić information content (AvgIpc) is 2.70. The molecule has 0 saturated heterocycles. The van der Waals surface area contributed by atoms with Crippen LogP contribution in [-0.2, 0) is 11.8 Å². The van der Waals surface area contributed by atoms with E-state index in [2.05, 4.69) is 10.4 Å². The fraction of sp³-hybridized carbons (Fsp3) is 0.600. The van der Waals surface area contributed by atoms with E-state index in [4.69, 9.17) is 9.84 Å². The summed E-state index contributed by atoms with van der Waals surface area (Å²) in [7, 11) is 1.76. The maximum Gasteiger partial charge on any atom is 0.254 e. The van der Waals surface area contributed by atoms with Gasteiger partial charge in [0.2, 0.25) is 0 Å². The molecule has 6 nitrogen and oxygen atoms in total. The number of amides is 1. The van der Waals surface area contributed by atoms with E-state index in [1.54, 1.807) is 17.9 Å². The van der Waals surface area contributed by atoms with Gasteiger partial charge >= 0.3 is 0 Å². The van der Waals surface area contributed by atoms with E-state index in [9.17, 15) is 4.79 Å². The molecule has 0 radical (unpaired) electrons. The van der Waals surface area contributed by atoms with Gasteiger partial charge in [0.25, 0.3) is 5.91 Å². The number of aliphatic hydroxyl groups excluding tert-OH is 1. The van der Waals surface area contributed by atoms with E-state index in [1.165, 1.54) is 6.20 Å². The zero-order valence-corrected chi connectivity index (χ0v) is 9.35. The van der Waals surface area contributed by atoms with E-state index in [0.717, 1.165) is 6.42 Å². The minimum absolute atomic E-state index is 0.0298. The summed E-state index contributed by atoms with van der Waals surface area (Å²) in [4.78, 5) is 11.5. The van der Waals surface area contributed by atoms with Crippen LogP contribution in [0.5, 0.6) is 0 Å². The van der Waals surface area contributed by atoms with Crippen molar-refractivity contribution < 1.29 is 14.6 Å². The summed E-state index contributed by atoms with van der Waals surface area (Å²) < 4.78 is 6.64. The summed E-state index contributed by atoms with van der Waals surface area (Å²) >= 11 is 0.